The summed E-state index contributed by atoms with van der Waals surface area (Å²) in [5, 5.41) is 3.32. The van der Waals surface area contributed by atoms with Gasteiger partial charge >= 0.3 is 0 Å². The van der Waals surface area contributed by atoms with Crippen LogP contribution < -0.4 is 5.32 Å². The van der Waals surface area contributed by atoms with Gasteiger partial charge in [0.05, 0.1) is 24.6 Å². The minimum Gasteiger partial charge on any atom is -0.472 e. The molecular weight excluding hydrogens is 204 g/mol. The number of oxazole rings is 1. The number of nitrogens with one attached hydrogen (secondary N) is 1. The molecule has 0 amide bonds. The highest BCUT2D eigenvalue weighted by atomic mass is 16.4. The van der Waals surface area contributed by atoms with E-state index in [2.05, 4.69) is 31.1 Å². The van der Waals surface area contributed by atoms with Crippen molar-refractivity contribution in [2.45, 2.75) is 32.9 Å². The standard InChI is InChI=1S/C12H16N2O2/c1-12(2,3)14-7-11-13-6-10(16-11)9-4-5-15-8-9/h4-6,8,14H,7H2,1-3H3. The molecular formula is C12H16N2O2. The predicted octanol–water partition coefficient (Wildman–Crippen LogP) is 2.82. The van der Waals surface area contributed by atoms with Crippen LogP contribution in [-0.4, -0.2) is 10.5 Å². The Labute approximate surface area is 94.7 Å². The molecule has 1 N–H and O–H groups in total. The first kappa shape index (κ1) is 11.0. The van der Waals surface area contributed by atoms with Crippen LogP contribution in [-0.2, 0) is 6.54 Å². The first-order valence-corrected chi connectivity index (χ1v) is 5.27. The topological polar surface area (TPSA) is 51.2 Å². The molecule has 2 rings (SSSR count). The number of hydrogen-bond acceptors (Lipinski definition) is 4. The zero-order valence-electron chi connectivity index (χ0n) is 9.78. The zero-order valence-corrected chi connectivity index (χ0v) is 9.78. The van der Waals surface area contributed by atoms with E-state index in [1.807, 2.05) is 6.07 Å². The van der Waals surface area contributed by atoms with E-state index in [-0.39, 0.29) is 5.54 Å². The molecule has 0 radical (unpaired) electrons. The number of furan rings is 1. The van der Waals surface area contributed by atoms with Crippen molar-refractivity contribution in [1.29, 1.82) is 0 Å². The summed E-state index contributed by atoms with van der Waals surface area (Å²) in [6.07, 6.45) is 4.97. The van der Waals surface area contributed by atoms with Crippen LogP contribution in [0, 0.1) is 0 Å². The average molecular weight is 220 g/mol. The first-order valence-electron chi connectivity index (χ1n) is 5.27. The molecule has 16 heavy (non-hydrogen) atoms. The lowest BCUT2D eigenvalue weighted by Gasteiger charge is -2.18. The van der Waals surface area contributed by atoms with Crippen molar-refractivity contribution < 1.29 is 8.83 Å². The molecule has 0 atom stereocenters. The maximum absolute atomic E-state index is 5.59. The number of rotatable bonds is 3. The molecule has 86 valence electrons. The first-order chi connectivity index (χ1) is 7.54. The van der Waals surface area contributed by atoms with Gasteiger partial charge in [0.1, 0.15) is 6.26 Å². The van der Waals surface area contributed by atoms with Gasteiger partial charge in [-0.15, -0.1) is 0 Å². The minimum atomic E-state index is 0.0598. The zero-order chi connectivity index (χ0) is 11.6. The highest BCUT2D eigenvalue weighted by molar-refractivity contribution is 5.53. The van der Waals surface area contributed by atoms with E-state index >= 15 is 0 Å². The monoisotopic (exact) mass is 220 g/mol. The number of hydrogen-bond donors (Lipinski definition) is 1. The second-order valence-electron chi connectivity index (χ2n) is 4.73. The number of nitrogens with zero attached hydrogens (tertiary/aromatic N) is 1. The SMILES string of the molecule is CC(C)(C)NCc1ncc(-c2ccoc2)o1. The van der Waals surface area contributed by atoms with Gasteiger partial charge in [-0.25, -0.2) is 4.98 Å². The Balaban J connectivity index is 2.03. The maximum Gasteiger partial charge on any atom is 0.208 e. The molecule has 0 unspecified atom stereocenters. The Bertz CT molecular complexity index is 438. The van der Waals surface area contributed by atoms with Crippen molar-refractivity contribution >= 4 is 0 Å². The van der Waals surface area contributed by atoms with Crippen LogP contribution in [0.2, 0.25) is 0 Å². The van der Waals surface area contributed by atoms with E-state index in [9.17, 15) is 0 Å². The van der Waals surface area contributed by atoms with Gasteiger partial charge in [0.25, 0.3) is 0 Å². The Hall–Kier alpha value is -1.55. The van der Waals surface area contributed by atoms with E-state index in [1.165, 1.54) is 0 Å². The lowest BCUT2D eigenvalue weighted by atomic mass is 10.1. The summed E-state index contributed by atoms with van der Waals surface area (Å²) in [5.74, 6) is 1.42. The van der Waals surface area contributed by atoms with Crippen LogP contribution >= 0.6 is 0 Å². The molecule has 0 aliphatic rings. The molecule has 4 nitrogen and oxygen atoms in total. The van der Waals surface area contributed by atoms with E-state index < -0.39 is 0 Å². The molecule has 0 saturated heterocycles. The van der Waals surface area contributed by atoms with Gasteiger partial charge in [-0.2, -0.15) is 0 Å². The maximum atomic E-state index is 5.59. The summed E-state index contributed by atoms with van der Waals surface area (Å²) in [6, 6.07) is 1.85. The van der Waals surface area contributed by atoms with Gasteiger partial charge in [0.15, 0.2) is 5.76 Å². The van der Waals surface area contributed by atoms with E-state index in [0.717, 1.165) is 11.3 Å². The van der Waals surface area contributed by atoms with Crippen molar-refractivity contribution in [1.82, 2.24) is 10.3 Å². The molecule has 0 spiro atoms. The van der Waals surface area contributed by atoms with Crippen molar-refractivity contribution in [3.8, 4) is 11.3 Å². The molecule has 2 aromatic heterocycles. The fraction of sp³-hybridized carbons (Fsp3) is 0.417. The molecule has 0 bridgehead atoms. The highest BCUT2D eigenvalue weighted by Gasteiger charge is 2.12. The lowest BCUT2D eigenvalue weighted by molar-refractivity contribution is 0.383. The molecule has 0 aromatic carbocycles. The Morgan fingerprint density at radius 1 is 1.38 bits per heavy atom. The van der Waals surface area contributed by atoms with E-state index in [0.29, 0.717) is 12.4 Å². The van der Waals surface area contributed by atoms with Gasteiger partial charge in [-0.3, -0.25) is 0 Å². The highest BCUT2D eigenvalue weighted by Crippen LogP contribution is 2.20. The summed E-state index contributed by atoms with van der Waals surface area (Å²) in [5.41, 5.74) is 0.971. The molecule has 0 aliphatic carbocycles. The summed E-state index contributed by atoms with van der Waals surface area (Å²) in [6.45, 7) is 6.94. The van der Waals surface area contributed by atoms with Crippen LogP contribution in [0.5, 0.6) is 0 Å². The van der Waals surface area contributed by atoms with Crippen molar-refractivity contribution in [2.75, 3.05) is 0 Å². The molecule has 2 heterocycles. The second-order valence-corrected chi connectivity index (χ2v) is 4.73. The van der Waals surface area contributed by atoms with Crippen molar-refractivity contribution in [2.24, 2.45) is 0 Å². The molecule has 4 heteroatoms. The quantitative estimate of drug-likeness (QED) is 0.864. The third-order valence-corrected chi connectivity index (χ3v) is 2.13. The van der Waals surface area contributed by atoms with Crippen LogP contribution in [0.3, 0.4) is 0 Å². The van der Waals surface area contributed by atoms with Crippen LogP contribution in [0.1, 0.15) is 26.7 Å². The van der Waals surface area contributed by atoms with Crippen molar-refractivity contribution in [3.63, 3.8) is 0 Å². The summed E-state index contributed by atoms with van der Waals surface area (Å²) in [4.78, 5) is 4.20. The largest absolute Gasteiger partial charge is 0.472 e. The van der Waals surface area contributed by atoms with E-state index in [1.54, 1.807) is 18.7 Å². The molecule has 0 fully saturated rings. The minimum absolute atomic E-state index is 0.0598. The smallest absolute Gasteiger partial charge is 0.208 e. The third-order valence-electron chi connectivity index (χ3n) is 2.13. The average Bonchev–Trinajstić information content (AvgIpc) is 2.84. The number of aromatic nitrogens is 1. The van der Waals surface area contributed by atoms with Gasteiger partial charge in [0.2, 0.25) is 5.89 Å². The summed E-state index contributed by atoms with van der Waals surface area (Å²) >= 11 is 0. The third kappa shape index (κ3) is 2.73. The molecule has 0 saturated carbocycles. The fourth-order valence-corrected chi connectivity index (χ4v) is 1.27. The Kier molecular flexibility index (Phi) is 2.83. The van der Waals surface area contributed by atoms with Gasteiger partial charge in [-0.1, -0.05) is 0 Å². The lowest BCUT2D eigenvalue weighted by Crippen LogP contribution is -2.35. The van der Waals surface area contributed by atoms with Gasteiger partial charge in [0, 0.05) is 5.54 Å². The summed E-state index contributed by atoms with van der Waals surface area (Å²) < 4.78 is 10.6. The van der Waals surface area contributed by atoms with E-state index in [4.69, 9.17) is 8.83 Å². The Morgan fingerprint density at radius 3 is 2.81 bits per heavy atom. The van der Waals surface area contributed by atoms with Gasteiger partial charge < -0.3 is 14.2 Å². The normalized spacial score (nSPS) is 11.9. The molecule has 2 aromatic rings. The predicted molar refractivity (Wildman–Crippen MR) is 60.8 cm³/mol. The van der Waals surface area contributed by atoms with Gasteiger partial charge in [-0.05, 0) is 26.8 Å². The van der Waals surface area contributed by atoms with Crippen LogP contribution in [0.25, 0.3) is 11.3 Å². The molecule has 0 aliphatic heterocycles. The van der Waals surface area contributed by atoms with Crippen molar-refractivity contribution in [3.05, 3.63) is 30.7 Å². The fourth-order valence-electron chi connectivity index (χ4n) is 1.27. The summed E-state index contributed by atoms with van der Waals surface area (Å²) in [7, 11) is 0. The second kappa shape index (κ2) is 4.14. The van der Waals surface area contributed by atoms with Crippen LogP contribution in [0.15, 0.2) is 33.6 Å². The van der Waals surface area contributed by atoms with Crippen LogP contribution in [0.4, 0.5) is 0 Å². The Morgan fingerprint density at radius 2 is 2.19 bits per heavy atom.